The second-order valence-electron chi connectivity index (χ2n) is 3.50. The summed E-state index contributed by atoms with van der Waals surface area (Å²) in [5.41, 5.74) is 0. The maximum absolute atomic E-state index is 11.7. The number of carbonyl (C=O) groups is 2. The Morgan fingerprint density at radius 3 is 3.00 bits per heavy atom. The summed E-state index contributed by atoms with van der Waals surface area (Å²) in [4.78, 5) is 26.5. The lowest BCUT2D eigenvalue weighted by molar-refractivity contribution is -0.126. The maximum Gasteiger partial charge on any atom is 0.249 e. The van der Waals surface area contributed by atoms with E-state index in [2.05, 4.69) is 25.8 Å². The molecule has 0 aromatic carbocycles. The maximum atomic E-state index is 11.7. The molecule has 16 heavy (non-hydrogen) atoms. The van der Waals surface area contributed by atoms with Crippen LogP contribution in [0, 0.1) is 5.92 Å². The molecule has 2 amide bonds. The molecule has 1 aliphatic heterocycles. The van der Waals surface area contributed by atoms with Crippen LogP contribution in [0.2, 0.25) is 0 Å². The van der Waals surface area contributed by atoms with E-state index in [4.69, 9.17) is 0 Å². The highest BCUT2D eigenvalue weighted by atomic mass is 16.2. The minimum Gasteiger partial charge on any atom is -0.355 e. The van der Waals surface area contributed by atoms with Crippen LogP contribution < -0.4 is 10.6 Å². The molecule has 1 aromatic heterocycles. The lowest BCUT2D eigenvalue weighted by Crippen LogP contribution is -2.40. The van der Waals surface area contributed by atoms with Crippen molar-refractivity contribution in [2.24, 2.45) is 5.92 Å². The fraction of sp³-hybridized carbons (Fsp3) is 0.444. The van der Waals surface area contributed by atoms with Crippen molar-refractivity contribution in [3.63, 3.8) is 0 Å². The van der Waals surface area contributed by atoms with Crippen LogP contribution >= 0.6 is 0 Å². The minimum atomic E-state index is -0.221. The number of nitrogens with one attached hydrogen (secondary N) is 2. The van der Waals surface area contributed by atoms with Crippen LogP contribution in [0.5, 0.6) is 0 Å². The van der Waals surface area contributed by atoms with Crippen molar-refractivity contribution < 1.29 is 9.59 Å². The van der Waals surface area contributed by atoms with Crippen LogP contribution in [-0.2, 0) is 9.59 Å². The van der Waals surface area contributed by atoms with Crippen molar-refractivity contribution in [3.05, 3.63) is 12.4 Å². The van der Waals surface area contributed by atoms with Gasteiger partial charge in [-0.1, -0.05) is 0 Å². The average Bonchev–Trinajstić information content (AvgIpc) is 2.31. The van der Waals surface area contributed by atoms with Gasteiger partial charge in [0.05, 0.1) is 18.3 Å². The number of nitrogens with zero attached hydrogens (tertiary/aromatic N) is 3. The predicted molar refractivity (Wildman–Crippen MR) is 54.2 cm³/mol. The van der Waals surface area contributed by atoms with E-state index in [1.165, 1.54) is 12.4 Å². The van der Waals surface area contributed by atoms with Gasteiger partial charge in [0.25, 0.3) is 0 Å². The van der Waals surface area contributed by atoms with Gasteiger partial charge in [-0.2, -0.15) is 5.10 Å². The van der Waals surface area contributed by atoms with E-state index in [1.54, 1.807) is 0 Å². The topological polar surface area (TPSA) is 96.9 Å². The molecule has 0 radical (unpaired) electrons. The zero-order valence-electron chi connectivity index (χ0n) is 8.51. The van der Waals surface area contributed by atoms with Crippen LogP contribution in [0.3, 0.4) is 0 Å². The summed E-state index contributed by atoms with van der Waals surface area (Å²) in [5.74, 6) is -0.236. The van der Waals surface area contributed by atoms with Gasteiger partial charge in [0.15, 0.2) is 0 Å². The van der Waals surface area contributed by atoms with Gasteiger partial charge in [0, 0.05) is 13.0 Å². The zero-order valence-corrected chi connectivity index (χ0v) is 8.51. The summed E-state index contributed by atoms with van der Waals surface area (Å²) in [6.07, 6.45) is 3.81. The van der Waals surface area contributed by atoms with Gasteiger partial charge in [0.1, 0.15) is 0 Å². The Kier molecular flexibility index (Phi) is 3.04. The highest BCUT2D eigenvalue weighted by molar-refractivity contribution is 5.92. The summed E-state index contributed by atoms with van der Waals surface area (Å²) in [6.45, 7) is 0.366. The second kappa shape index (κ2) is 4.65. The van der Waals surface area contributed by atoms with Crippen LogP contribution in [-0.4, -0.2) is 33.5 Å². The number of rotatable bonds is 2. The molecule has 7 nitrogen and oxygen atoms in total. The third kappa shape index (κ3) is 2.50. The molecule has 1 saturated heterocycles. The normalized spacial score (nSPS) is 20.0. The van der Waals surface area contributed by atoms with E-state index in [0.29, 0.717) is 19.4 Å². The monoisotopic (exact) mass is 221 g/mol. The van der Waals surface area contributed by atoms with Gasteiger partial charge in [-0.15, -0.1) is 5.10 Å². The first-order valence-corrected chi connectivity index (χ1v) is 4.97. The fourth-order valence-electron chi connectivity index (χ4n) is 1.47. The van der Waals surface area contributed by atoms with Crippen molar-refractivity contribution in [1.29, 1.82) is 0 Å². The van der Waals surface area contributed by atoms with Gasteiger partial charge in [0.2, 0.25) is 17.8 Å². The summed E-state index contributed by atoms with van der Waals surface area (Å²) in [7, 11) is 0. The van der Waals surface area contributed by atoms with Crippen molar-refractivity contribution in [1.82, 2.24) is 20.5 Å². The van der Waals surface area contributed by atoms with Crippen LogP contribution in [0.1, 0.15) is 12.8 Å². The van der Waals surface area contributed by atoms with Crippen LogP contribution in [0.25, 0.3) is 0 Å². The second-order valence-corrected chi connectivity index (χ2v) is 3.50. The smallest absolute Gasteiger partial charge is 0.249 e. The Hall–Kier alpha value is -2.05. The number of hydrogen-bond donors (Lipinski definition) is 2. The highest BCUT2D eigenvalue weighted by Crippen LogP contribution is 2.12. The van der Waals surface area contributed by atoms with Crippen molar-refractivity contribution in [2.75, 3.05) is 11.9 Å². The first-order chi connectivity index (χ1) is 7.75. The largest absolute Gasteiger partial charge is 0.355 e. The molecule has 7 heteroatoms. The average molecular weight is 221 g/mol. The van der Waals surface area contributed by atoms with Crippen LogP contribution in [0.4, 0.5) is 5.95 Å². The molecule has 0 bridgehead atoms. The molecule has 1 unspecified atom stereocenters. The van der Waals surface area contributed by atoms with E-state index in [0.717, 1.165) is 0 Å². The van der Waals surface area contributed by atoms with E-state index < -0.39 is 0 Å². The van der Waals surface area contributed by atoms with Gasteiger partial charge in [-0.05, 0) is 6.42 Å². The lowest BCUT2D eigenvalue weighted by atomic mass is 9.98. The van der Waals surface area contributed by atoms with Gasteiger partial charge in [-0.3, -0.25) is 14.9 Å². The summed E-state index contributed by atoms with van der Waals surface area (Å²) < 4.78 is 0. The van der Waals surface area contributed by atoms with Crippen molar-refractivity contribution in [2.45, 2.75) is 12.8 Å². The molecular formula is C9H11N5O2. The Bertz CT molecular complexity index is 384. The molecule has 2 heterocycles. The standard InChI is InChI=1S/C9H11N5O2/c15-7-2-1-6(5-11-7)8(16)13-9-10-3-4-12-14-9/h3-4,6H,1-2,5H2,(H,11,15)(H,10,13,14,16). The molecule has 1 atom stereocenters. The van der Waals surface area contributed by atoms with E-state index >= 15 is 0 Å². The van der Waals surface area contributed by atoms with E-state index in [9.17, 15) is 9.59 Å². The molecule has 2 N–H and O–H groups in total. The first kappa shape index (κ1) is 10.5. The molecule has 1 aromatic rings. The van der Waals surface area contributed by atoms with Crippen molar-refractivity contribution >= 4 is 17.8 Å². The highest BCUT2D eigenvalue weighted by Gasteiger charge is 2.24. The summed E-state index contributed by atoms with van der Waals surface area (Å²) >= 11 is 0. The number of hydrogen-bond acceptors (Lipinski definition) is 5. The minimum absolute atomic E-state index is 0.0123. The zero-order chi connectivity index (χ0) is 11.4. The van der Waals surface area contributed by atoms with Crippen LogP contribution in [0.15, 0.2) is 12.4 Å². The summed E-state index contributed by atoms with van der Waals surface area (Å²) in [6, 6.07) is 0. The molecule has 1 aliphatic rings. The predicted octanol–water partition coefficient (Wildman–Crippen LogP) is -0.664. The number of piperidine rings is 1. The quantitative estimate of drug-likeness (QED) is 0.690. The molecule has 0 aliphatic carbocycles. The van der Waals surface area contributed by atoms with E-state index in [-0.39, 0.29) is 23.7 Å². The van der Waals surface area contributed by atoms with Gasteiger partial charge >= 0.3 is 0 Å². The fourth-order valence-corrected chi connectivity index (χ4v) is 1.47. The molecule has 84 valence electrons. The van der Waals surface area contributed by atoms with E-state index in [1.807, 2.05) is 0 Å². The lowest BCUT2D eigenvalue weighted by Gasteiger charge is -2.20. The Labute approximate surface area is 91.7 Å². The molecule has 1 fully saturated rings. The molecule has 2 rings (SSSR count). The summed E-state index contributed by atoms with van der Waals surface area (Å²) in [5, 5.41) is 12.4. The first-order valence-electron chi connectivity index (χ1n) is 4.97. The Morgan fingerprint density at radius 2 is 2.38 bits per heavy atom. The van der Waals surface area contributed by atoms with Gasteiger partial charge in [-0.25, -0.2) is 4.98 Å². The number of aromatic nitrogens is 3. The Balaban J connectivity index is 1.91. The molecule has 0 saturated carbocycles. The van der Waals surface area contributed by atoms with Gasteiger partial charge < -0.3 is 5.32 Å². The number of amides is 2. The number of carbonyl (C=O) groups excluding carboxylic acids is 2. The molecular weight excluding hydrogens is 210 g/mol. The SMILES string of the molecule is O=C1CCC(C(=O)Nc2nccnn2)CN1. The third-order valence-corrected chi connectivity index (χ3v) is 2.35. The Morgan fingerprint density at radius 1 is 1.50 bits per heavy atom. The molecule has 0 spiro atoms. The number of anilines is 1. The third-order valence-electron chi connectivity index (χ3n) is 2.35. The van der Waals surface area contributed by atoms with Crippen molar-refractivity contribution in [3.8, 4) is 0 Å².